The Hall–Kier alpha value is -3.67. The summed E-state index contributed by atoms with van der Waals surface area (Å²) in [4.78, 5) is 23.9. The lowest BCUT2D eigenvalue weighted by molar-refractivity contribution is 0.102. The molecule has 6 nitrogen and oxygen atoms in total. The number of aryl methyl sites for hydroxylation is 1. The van der Waals surface area contributed by atoms with Gasteiger partial charge in [0.2, 0.25) is 0 Å². The molecule has 4 aromatic rings. The van der Waals surface area contributed by atoms with Crippen LogP contribution in [0.2, 0.25) is 0 Å². The number of amides is 1. The van der Waals surface area contributed by atoms with Crippen LogP contribution in [-0.2, 0) is 0 Å². The van der Waals surface area contributed by atoms with Gasteiger partial charge >= 0.3 is 0 Å². The van der Waals surface area contributed by atoms with E-state index in [-0.39, 0.29) is 5.91 Å². The zero-order valence-corrected chi connectivity index (χ0v) is 18.0. The molecule has 1 N–H and O–H groups in total. The van der Waals surface area contributed by atoms with Crippen LogP contribution in [0.5, 0.6) is 0 Å². The normalized spacial score (nSPS) is 13.4. The number of hydrogen-bond acceptors (Lipinski definition) is 4. The summed E-state index contributed by atoms with van der Waals surface area (Å²) in [5.74, 6) is 1.38. The lowest BCUT2D eigenvalue weighted by atomic mass is 10.1. The summed E-state index contributed by atoms with van der Waals surface area (Å²) < 4.78 is 2.07. The van der Waals surface area contributed by atoms with E-state index >= 15 is 0 Å². The summed E-state index contributed by atoms with van der Waals surface area (Å²) in [6, 6.07) is 15.5. The molecule has 1 aliphatic carbocycles. The highest BCUT2D eigenvalue weighted by atomic mass is 16.1. The molecule has 3 heterocycles. The number of nitrogens with one attached hydrogen (secondary N) is 1. The first-order valence-corrected chi connectivity index (χ1v) is 10.5. The number of rotatable bonds is 5. The number of hydrogen-bond donors (Lipinski definition) is 1. The van der Waals surface area contributed by atoms with E-state index in [0.717, 1.165) is 34.0 Å². The van der Waals surface area contributed by atoms with Gasteiger partial charge in [-0.25, -0.2) is 9.97 Å². The van der Waals surface area contributed by atoms with Gasteiger partial charge in [0.25, 0.3) is 5.91 Å². The first-order chi connectivity index (χ1) is 15.0. The smallest absolute Gasteiger partial charge is 0.255 e. The fourth-order valence-corrected chi connectivity index (χ4v) is 3.84. The lowest BCUT2D eigenvalue weighted by Gasteiger charge is -2.11. The number of carbonyl (C=O) groups excluding carboxylic acids is 1. The van der Waals surface area contributed by atoms with Crippen LogP contribution in [0.1, 0.15) is 40.5 Å². The van der Waals surface area contributed by atoms with Gasteiger partial charge < -0.3 is 14.6 Å². The molecule has 156 valence electrons. The van der Waals surface area contributed by atoms with E-state index in [1.54, 1.807) is 0 Å². The van der Waals surface area contributed by atoms with Crippen molar-refractivity contribution in [3.05, 3.63) is 77.9 Å². The third-order valence-corrected chi connectivity index (χ3v) is 5.80. The summed E-state index contributed by atoms with van der Waals surface area (Å²) >= 11 is 0. The van der Waals surface area contributed by atoms with Crippen molar-refractivity contribution in [3.8, 4) is 11.1 Å². The van der Waals surface area contributed by atoms with Crippen molar-refractivity contribution in [1.82, 2.24) is 14.4 Å². The van der Waals surface area contributed by atoms with Crippen molar-refractivity contribution >= 4 is 23.1 Å². The van der Waals surface area contributed by atoms with Crippen LogP contribution in [0.25, 0.3) is 16.8 Å². The molecule has 0 spiro atoms. The Morgan fingerprint density at radius 2 is 1.77 bits per heavy atom. The number of aromatic nitrogens is 3. The Morgan fingerprint density at radius 1 is 1.03 bits per heavy atom. The van der Waals surface area contributed by atoms with Gasteiger partial charge in [-0.1, -0.05) is 12.1 Å². The first-order valence-electron chi connectivity index (χ1n) is 10.5. The molecular formula is C25H25N5O. The molecule has 1 saturated carbocycles. The maximum atomic E-state index is 12.8. The van der Waals surface area contributed by atoms with Crippen LogP contribution in [-0.4, -0.2) is 34.4 Å². The Morgan fingerprint density at radius 3 is 2.42 bits per heavy atom. The molecule has 0 aliphatic heterocycles. The Labute approximate surface area is 181 Å². The molecule has 0 bridgehead atoms. The number of carbonyl (C=O) groups is 1. The minimum atomic E-state index is -0.132. The lowest BCUT2D eigenvalue weighted by Crippen LogP contribution is -2.12. The molecule has 1 amide bonds. The second kappa shape index (κ2) is 7.54. The molecule has 31 heavy (non-hydrogen) atoms. The SMILES string of the molecule is Cc1c(C2CC2)nc2ccc(NC(=O)c3ccc(-c4ccc(N(C)C)nc4)cc3)cn12. The number of imidazole rings is 1. The van der Waals surface area contributed by atoms with Gasteiger partial charge in [-0.05, 0) is 61.7 Å². The van der Waals surface area contributed by atoms with E-state index in [1.807, 2.05) is 79.9 Å². The quantitative estimate of drug-likeness (QED) is 0.507. The van der Waals surface area contributed by atoms with Gasteiger partial charge in [0.1, 0.15) is 11.5 Å². The fourth-order valence-electron chi connectivity index (χ4n) is 3.84. The topological polar surface area (TPSA) is 62.5 Å². The Balaban J connectivity index is 1.32. The molecule has 1 fully saturated rings. The van der Waals surface area contributed by atoms with E-state index < -0.39 is 0 Å². The summed E-state index contributed by atoms with van der Waals surface area (Å²) in [7, 11) is 3.93. The predicted octanol–water partition coefficient (Wildman–Crippen LogP) is 4.90. The number of benzene rings is 1. The Bertz CT molecular complexity index is 1250. The van der Waals surface area contributed by atoms with E-state index in [1.165, 1.54) is 18.5 Å². The average Bonchev–Trinajstić information content (AvgIpc) is 3.58. The van der Waals surface area contributed by atoms with Gasteiger partial charge in [-0.15, -0.1) is 0 Å². The van der Waals surface area contributed by atoms with Gasteiger partial charge in [-0.3, -0.25) is 4.79 Å². The predicted molar refractivity (Wildman–Crippen MR) is 124 cm³/mol. The van der Waals surface area contributed by atoms with E-state index in [2.05, 4.69) is 21.6 Å². The van der Waals surface area contributed by atoms with Crippen molar-refractivity contribution in [2.75, 3.05) is 24.3 Å². The molecule has 6 heteroatoms. The zero-order chi connectivity index (χ0) is 21.5. The molecule has 0 radical (unpaired) electrons. The van der Waals surface area contributed by atoms with E-state index in [4.69, 9.17) is 4.98 Å². The molecule has 5 rings (SSSR count). The molecule has 0 atom stereocenters. The van der Waals surface area contributed by atoms with Crippen molar-refractivity contribution in [3.63, 3.8) is 0 Å². The number of fused-ring (bicyclic) bond motifs is 1. The third-order valence-electron chi connectivity index (χ3n) is 5.80. The van der Waals surface area contributed by atoms with Crippen LogP contribution >= 0.6 is 0 Å². The first kappa shape index (κ1) is 19.3. The fraction of sp³-hybridized carbons (Fsp3) is 0.240. The van der Waals surface area contributed by atoms with Gasteiger partial charge in [0.05, 0.1) is 11.4 Å². The van der Waals surface area contributed by atoms with Gasteiger partial charge in [0.15, 0.2) is 0 Å². The van der Waals surface area contributed by atoms with Crippen molar-refractivity contribution in [2.24, 2.45) is 0 Å². The number of anilines is 2. The summed E-state index contributed by atoms with van der Waals surface area (Å²) in [5.41, 5.74) is 6.69. The van der Waals surface area contributed by atoms with Gasteiger partial charge in [-0.2, -0.15) is 0 Å². The highest BCUT2D eigenvalue weighted by molar-refractivity contribution is 6.04. The maximum Gasteiger partial charge on any atom is 0.255 e. The summed E-state index contributed by atoms with van der Waals surface area (Å²) in [6.45, 7) is 2.10. The second-order valence-electron chi connectivity index (χ2n) is 8.33. The molecule has 1 aliphatic rings. The maximum absolute atomic E-state index is 12.8. The van der Waals surface area contributed by atoms with Gasteiger partial charge in [0, 0.05) is 49.2 Å². The highest BCUT2D eigenvalue weighted by Crippen LogP contribution is 2.41. The summed E-state index contributed by atoms with van der Waals surface area (Å²) in [6.07, 6.45) is 6.25. The molecule has 1 aromatic carbocycles. The van der Waals surface area contributed by atoms with Crippen molar-refractivity contribution < 1.29 is 4.79 Å². The minimum Gasteiger partial charge on any atom is -0.363 e. The van der Waals surface area contributed by atoms with Crippen LogP contribution in [0.15, 0.2) is 60.9 Å². The monoisotopic (exact) mass is 411 g/mol. The average molecular weight is 412 g/mol. The van der Waals surface area contributed by atoms with Crippen LogP contribution in [0.4, 0.5) is 11.5 Å². The molecule has 0 saturated heterocycles. The van der Waals surface area contributed by atoms with Crippen LogP contribution < -0.4 is 10.2 Å². The Kier molecular flexibility index (Phi) is 4.70. The molecule has 0 unspecified atom stereocenters. The number of nitrogens with zero attached hydrogens (tertiary/aromatic N) is 4. The van der Waals surface area contributed by atoms with Crippen LogP contribution in [0, 0.1) is 6.92 Å². The van der Waals surface area contributed by atoms with Crippen molar-refractivity contribution in [1.29, 1.82) is 0 Å². The molecule has 3 aromatic heterocycles. The molecular weight excluding hydrogens is 386 g/mol. The minimum absolute atomic E-state index is 0.132. The van der Waals surface area contributed by atoms with E-state index in [0.29, 0.717) is 11.5 Å². The van der Waals surface area contributed by atoms with Crippen molar-refractivity contribution in [2.45, 2.75) is 25.7 Å². The number of pyridine rings is 2. The summed E-state index contributed by atoms with van der Waals surface area (Å²) in [5, 5.41) is 3.01. The zero-order valence-electron chi connectivity index (χ0n) is 18.0. The van der Waals surface area contributed by atoms with Crippen LogP contribution in [0.3, 0.4) is 0 Å². The largest absolute Gasteiger partial charge is 0.363 e. The standard InChI is InChI=1S/C25H25N5O/c1-16-24(18-6-7-18)28-23-13-11-21(15-30(16)23)27-25(31)19-8-4-17(5-9-19)20-10-12-22(26-14-20)29(2)3/h4-5,8-15,18H,6-7H2,1-3H3,(H,27,31). The highest BCUT2D eigenvalue weighted by Gasteiger charge is 2.28. The second-order valence-corrected chi connectivity index (χ2v) is 8.33. The third kappa shape index (κ3) is 3.77. The van der Waals surface area contributed by atoms with E-state index in [9.17, 15) is 4.79 Å².